The molecule has 0 aliphatic rings. The number of hydrogen-bond acceptors (Lipinski definition) is 5. The molecule has 6 rings (SSSR count). The molecule has 4 aromatic carbocycles. The van der Waals surface area contributed by atoms with E-state index in [0.717, 1.165) is 26.9 Å². The summed E-state index contributed by atoms with van der Waals surface area (Å²) >= 11 is 0. The predicted molar refractivity (Wildman–Crippen MR) is 145 cm³/mol. The molecule has 0 spiro atoms. The Morgan fingerprint density at radius 1 is 0.811 bits per heavy atom. The molecule has 2 aromatic heterocycles. The van der Waals surface area contributed by atoms with Crippen molar-refractivity contribution >= 4 is 33.8 Å². The average molecular weight is 486 g/mol. The Morgan fingerprint density at radius 2 is 1.49 bits per heavy atom. The molecule has 0 aliphatic heterocycles. The van der Waals surface area contributed by atoms with Gasteiger partial charge in [0, 0.05) is 23.4 Å². The number of hydrogen-bond donors (Lipinski definition) is 2. The fraction of sp³-hybridized carbons (Fsp3) is 0.0667. The average Bonchev–Trinajstić information content (AvgIpc) is 3.38. The predicted octanol–water partition coefficient (Wildman–Crippen LogP) is 6.42. The van der Waals surface area contributed by atoms with Crippen LogP contribution in [0.4, 0.5) is 10.6 Å². The first kappa shape index (κ1) is 22.4. The number of nitrogens with one attached hydrogen (secondary N) is 1. The molecule has 180 valence electrons. The third kappa shape index (κ3) is 4.38. The van der Waals surface area contributed by atoms with Gasteiger partial charge < -0.3 is 10.4 Å². The quantitative estimate of drug-likeness (QED) is 0.283. The number of carboxylic acid groups (broad SMARTS) is 1. The number of para-hydroxylation sites is 1. The molecule has 0 saturated carbocycles. The van der Waals surface area contributed by atoms with Crippen molar-refractivity contribution in [3.8, 4) is 11.4 Å². The molecule has 0 atom stereocenters. The van der Waals surface area contributed by atoms with Crippen LogP contribution in [0.3, 0.4) is 0 Å². The molecule has 0 amide bonds. The Labute approximate surface area is 213 Å². The minimum absolute atomic E-state index is 0.135. The van der Waals surface area contributed by atoms with Crippen LogP contribution in [0.2, 0.25) is 0 Å². The largest absolute Gasteiger partial charge is 0.464 e. The zero-order chi connectivity index (χ0) is 25.2. The van der Waals surface area contributed by atoms with E-state index in [1.165, 1.54) is 17.5 Å². The zero-order valence-electron chi connectivity index (χ0n) is 19.8. The van der Waals surface area contributed by atoms with Crippen LogP contribution in [0.5, 0.6) is 0 Å². The molecule has 0 aliphatic carbocycles. The van der Waals surface area contributed by atoms with Crippen LogP contribution in [0.1, 0.15) is 17.0 Å². The van der Waals surface area contributed by atoms with Crippen LogP contribution >= 0.6 is 0 Å². The molecule has 2 N–H and O–H groups in total. The summed E-state index contributed by atoms with van der Waals surface area (Å²) in [7, 11) is 0. The number of carbonyl (C=O) groups is 1. The van der Waals surface area contributed by atoms with Gasteiger partial charge in [-0.1, -0.05) is 72.8 Å². The maximum absolute atomic E-state index is 11.4. The summed E-state index contributed by atoms with van der Waals surface area (Å²) in [6.07, 6.45) is 0.230. The minimum atomic E-state index is -1.07. The van der Waals surface area contributed by atoms with E-state index >= 15 is 0 Å². The van der Waals surface area contributed by atoms with Crippen molar-refractivity contribution in [1.82, 2.24) is 19.5 Å². The van der Waals surface area contributed by atoms with E-state index < -0.39 is 6.09 Å². The van der Waals surface area contributed by atoms with Gasteiger partial charge in [-0.25, -0.2) is 24.3 Å². The highest BCUT2D eigenvalue weighted by Gasteiger charge is 2.17. The molecule has 6 aromatic rings. The lowest BCUT2D eigenvalue weighted by Gasteiger charge is -2.20. The van der Waals surface area contributed by atoms with E-state index in [-0.39, 0.29) is 5.92 Å². The Bertz CT molecular complexity index is 1680. The summed E-state index contributed by atoms with van der Waals surface area (Å²) in [5.41, 5.74) is 5.11. The van der Waals surface area contributed by atoms with Crippen molar-refractivity contribution in [3.05, 3.63) is 121 Å². The van der Waals surface area contributed by atoms with Gasteiger partial charge in [-0.2, -0.15) is 0 Å². The SMILES string of the molecule is O=C(O)n1cnc2cc(-c3nc(NCC(c4ccccc4)c4ccccc4)c4ccccc4n3)ccc21. The lowest BCUT2D eigenvalue weighted by atomic mass is 9.91. The normalized spacial score (nSPS) is 11.3. The molecule has 7 nitrogen and oxygen atoms in total. The molecule has 0 fully saturated rings. The summed E-state index contributed by atoms with van der Waals surface area (Å²) < 4.78 is 1.10. The number of nitrogens with zero attached hydrogens (tertiary/aromatic N) is 4. The molecular weight excluding hydrogens is 462 g/mol. The van der Waals surface area contributed by atoms with Gasteiger partial charge in [0.25, 0.3) is 0 Å². The number of fused-ring (bicyclic) bond motifs is 2. The maximum atomic E-state index is 11.4. The van der Waals surface area contributed by atoms with Gasteiger partial charge in [0.2, 0.25) is 0 Å². The summed E-state index contributed by atoms with van der Waals surface area (Å²) in [5.74, 6) is 1.42. The van der Waals surface area contributed by atoms with E-state index in [1.807, 2.05) is 48.5 Å². The first-order chi connectivity index (χ1) is 18.2. The first-order valence-corrected chi connectivity index (χ1v) is 12.0. The Morgan fingerprint density at radius 3 is 2.19 bits per heavy atom. The third-order valence-corrected chi connectivity index (χ3v) is 6.49. The molecule has 7 heteroatoms. The molecule has 37 heavy (non-hydrogen) atoms. The number of anilines is 1. The first-order valence-electron chi connectivity index (χ1n) is 12.0. The molecule has 0 bridgehead atoms. The van der Waals surface area contributed by atoms with Crippen molar-refractivity contribution in [3.63, 3.8) is 0 Å². The fourth-order valence-corrected chi connectivity index (χ4v) is 4.64. The van der Waals surface area contributed by atoms with E-state index in [4.69, 9.17) is 9.97 Å². The second kappa shape index (κ2) is 9.54. The number of aromatic nitrogens is 4. The van der Waals surface area contributed by atoms with Gasteiger partial charge in [-0.05, 0) is 41.5 Å². The smallest absolute Gasteiger partial charge is 0.417 e. The van der Waals surface area contributed by atoms with E-state index in [1.54, 1.807) is 6.07 Å². The van der Waals surface area contributed by atoms with Gasteiger partial charge in [0.1, 0.15) is 12.1 Å². The molecule has 0 saturated heterocycles. The Balaban J connectivity index is 1.39. The minimum Gasteiger partial charge on any atom is -0.464 e. The Kier molecular flexibility index (Phi) is 5.78. The van der Waals surface area contributed by atoms with Gasteiger partial charge in [0.15, 0.2) is 5.82 Å². The molecular formula is C30H23N5O2. The zero-order valence-corrected chi connectivity index (χ0v) is 19.8. The fourth-order valence-electron chi connectivity index (χ4n) is 4.64. The van der Waals surface area contributed by atoms with Crippen LogP contribution in [0.25, 0.3) is 33.3 Å². The van der Waals surface area contributed by atoms with Gasteiger partial charge in [0.05, 0.1) is 16.6 Å². The van der Waals surface area contributed by atoms with Crippen molar-refractivity contribution in [2.24, 2.45) is 0 Å². The van der Waals surface area contributed by atoms with Gasteiger partial charge in [-0.15, -0.1) is 0 Å². The summed E-state index contributed by atoms with van der Waals surface area (Å²) in [6.45, 7) is 0.649. The standard InChI is InChI=1S/C30H23N5O2/c36-30(37)35-19-32-26-17-22(15-16-27(26)35)28-33-25-14-8-7-13-23(25)29(34-28)31-18-24(20-9-3-1-4-10-20)21-11-5-2-6-12-21/h1-17,19,24H,18H2,(H,36,37)(H,31,33,34). The van der Waals surface area contributed by atoms with E-state index in [2.05, 4.69) is 58.8 Å². The van der Waals surface area contributed by atoms with Crippen LogP contribution in [0.15, 0.2) is 109 Å². The van der Waals surface area contributed by atoms with E-state index in [9.17, 15) is 9.90 Å². The molecule has 0 unspecified atom stereocenters. The molecule has 2 heterocycles. The van der Waals surface area contributed by atoms with Gasteiger partial charge in [-0.3, -0.25) is 0 Å². The molecule has 0 radical (unpaired) electrons. The summed E-state index contributed by atoms with van der Waals surface area (Å²) in [4.78, 5) is 25.4. The summed E-state index contributed by atoms with van der Waals surface area (Å²) in [6, 6.07) is 34.2. The second-order valence-electron chi connectivity index (χ2n) is 8.77. The monoisotopic (exact) mass is 485 g/mol. The lowest BCUT2D eigenvalue weighted by molar-refractivity contribution is 0.197. The van der Waals surface area contributed by atoms with Crippen LogP contribution in [-0.2, 0) is 0 Å². The van der Waals surface area contributed by atoms with Crippen molar-refractivity contribution in [2.45, 2.75) is 5.92 Å². The third-order valence-electron chi connectivity index (χ3n) is 6.49. The highest BCUT2D eigenvalue weighted by Crippen LogP contribution is 2.29. The maximum Gasteiger partial charge on any atom is 0.417 e. The van der Waals surface area contributed by atoms with Gasteiger partial charge >= 0.3 is 6.09 Å². The highest BCUT2D eigenvalue weighted by molar-refractivity contribution is 5.92. The Hall–Kier alpha value is -5.04. The number of benzene rings is 4. The van der Waals surface area contributed by atoms with E-state index in [0.29, 0.717) is 23.4 Å². The van der Waals surface area contributed by atoms with Crippen LogP contribution < -0.4 is 5.32 Å². The highest BCUT2D eigenvalue weighted by atomic mass is 16.4. The number of imidazole rings is 1. The lowest BCUT2D eigenvalue weighted by Crippen LogP contribution is -2.15. The topological polar surface area (TPSA) is 92.9 Å². The second-order valence-corrected chi connectivity index (χ2v) is 8.77. The van der Waals surface area contributed by atoms with Crippen molar-refractivity contribution < 1.29 is 9.90 Å². The summed E-state index contributed by atoms with van der Waals surface area (Å²) in [5, 5.41) is 13.9. The number of rotatable bonds is 6. The van der Waals surface area contributed by atoms with Crippen molar-refractivity contribution in [2.75, 3.05) is 11.9 Å². The van der Waals surface area contributed by atoms with Crippen molar-refractivity contribution in [1.29, 1.82) is 0 Å². The van der Waals surface area contributed by atoms with Crippen LogP contribution in [0, 0.1) is 0 Å². The van der Waals surface area contributed by atoms with Crippen LogP contribution in [-0.4, -0.2) is 37.3 Å².